The number of amides is 2. The van der Waals surface area contributed by atoms with E-state index in [0.29, 0.717) is 6.42 Å². The molecule has 21 heavy (non-hydrogen) atoms. The van der Waals surface area contributed by atoms with Crippen LogP contribution in [0.1, 0.15) is 59.8 Å². The molecule has 122 valence electrons. The van der Waals surface area contributed by atoms with Gasteiger partial charge in [0.2, 0.25) is 11.8 Å². The van der Waals surface area contributed by atoms with Crippen molar-refractivity contribution in [2.75, 3.05) is 19.6 Å². The summed E-state index contributed by atoms with van der Waals surface area (Å²) in [5.41, 5.74) is -0.218. The lowest BCUT2D eigenvalue weighted by atomic mass is 10.1. The standard InChI is InChI=1S/C16H31N3O2/c1-13(17-12-14(20)18-16(2,3)4)11-15(21)19-9-7-5-6-8-10-19/h13,17H,5-12H2,1-4H3,(H,18,20). The fraction of sp³-hybridized carbons (Fsp3) is 0.875. The summed E-state index contributed by atoms with van der Waals surface area (Å²) < 4.78 is 0. The lowest BCUT2D eigenvalue weighted by Crippen LogP contribution is -2.47. The molecule has 1 heterocycles. The van der Waals surface area contributed by atoms with Gasteiger partial charge in [-0.1, -0.05) is 12.8 Å². The van der Waals surface area contributed by atoms with Crippen molar-refractivity contribution >= 4 is 11.8 Å². The van der Waals surface area contributed by atoms with E-state index in [2.05, 4.69) is 10.6 Å². The molecule has 1 aliphatic heterocycles. The molecule has 0 aromatic carbocycles. The number of hydrogen-bond donors (Lipinski definition) is 2. The summed E-state index contributed by atoms with van der Waals surface area (Å²) >= 11 is 0. The lowest BCUT2D eigenvalue weighted by molar-refractivity contribution is -0.132. The maximum atomic E-state index is 12.2. The van der Waals surface area contributed by atoms with Crippen molar-refractivity contribution in [3.63, 3.8) is 0 Å². The summed E-state index contributed by atoms with van der Waals surface area (Å²) in [5, 5.41) is 6.03. The predicted molar refractivity (Wildman–Crippen MR) is 85.0 cm³/mol. The maximum absolute atomic E-state index is 12.2. The van der Waals surface area contributed by atoms with E-state index in [1.807, 2.05) is 32.6 Å². The van der Waals surface area contributed by atoms with Crippen LogP contribution in [0.5, 0.6) is 0 Å². The molecule has 1 fully saturated rings. The van der Waals surface area contributed by atoms with Crippen LogP contribution >= 0.6 is 0 Å². The van der Waals surface area contributed by atoms with Gasteiger partial charge in [0.05, 0.1) is 6.54 Å². The Morgan fingerprint density at radius 1 is 1.10 bits per heavy atom. The first kappa shape index (κ1) is 18.0. The van der Waals surface area contributed by atoms with Crippen LogP contribution in [0.25, 0.3) is 0 Å². The Kier molecular flexibility index (Phi) is 7.15. The third-order valence-electron chi connectivity index (χ3n) is 3.57. The molecule has 5 nitrogen and oxygen atoms in total. The number of hydrogen-bond acceptors (Lipinski definition) is 3. The highest BCUT2D eigenvalue weighted by Gasteiger charge is 2.19. The van der Waals surface area contributed by atoms with Crippen molar-refractivity contribution in [1.82, 2.24) is 15.5 Å². The van der Waals surface area contributed by atoms with Gasteiger partial charge in [0.15, 0.2) is 0 Å². The van der Waals surface area contributed by atoms with Gasteiger partial charge in [0.25, 0.3) is 0 Å². The summed E-state index contributed by atoms with van der Waals surface area (Å²) in [6.45, 7) is 9.85. The molecule has 2 amide bonds. The van der Waals surface area contributed by atoms with E-state index < -0.39 is 0 Å². The summed E-state index contributed by atoms with van der Waals surface area (Å²) in [6, 6.07) is 0.0199. The zero-order valence-corrected chi connectivity index (χ0v) is 14.0. The maximum Gasteiger partial charge on any atom is 0.234 e. The topological polar surface area (TPSA) is 61.4 Å². The molecular formula is C16H31N3O2. The summed E-state index contributed by atoms with van der Waals surface area (Å²) in [4.78, 5) is 25.9. The monoisotopic (exact) mass is 297 g/mol. The van der Waals surface area contributed by atoms with Crippen LogP contribution in [-0.2, 0) is 9.59 Å². The molecule has 0 aliphatic carbocycles. The molecule has 1 rings (SSSR count). The summed E-state index contributed by atoms with van der Waals surface area (Å²) in [5.74, 6) is 0.171. The average molecular weight is 297 g/mol. The average Bonchev–Trinajstić information content (AvgIpc) is 2.63. The molecule has 0 radical (unpaired) electrons. The van der Waals surface area contributed by atoms with E-state index in [-0.39, 0.29) is 29.9 Å². The number of nitrogens with one attached hydrogen (secondary N) is 2. The predicted octanol–water partition coefficient (Wildman–Crippen LogP) is 1.67. The fourth-order valence-corrected chi connectivity index (χ4v) is 2.51. The van der Waals surface area contributed by atoms with Gasteiger partial charge in [-0.15, -0.1) is 0 Å². The molecule has 0 aromatic rings. The van der Waals surface area contributed by atoms with Crippen LogP contribution in [-0.4, -0.2) is 47.9 Å². The van der Waals surface area contributed by atoms with Crippen LogP contribution in [0.2, 0.25) is 0 Å². The van der Waals surface area contributed by atoms with Gasteiger partial charge in [-0.3, -0.25) is 9.59 Å². The smallest absolute Gasteiger partial charge is 0.234 e. The second-order valence-corrected chi connectivity index (χ2v) is 7.08. The minimum absolute atomic E-state index is 0.0199. The quantitative estimate of drug-likeness (QED) is 0.811. The van der Waals surface area contributed by atoms with Gasteiger partial charge in [0.1, 0.15) is 0 Å². The van der Waals surface area contributed by atoms with Crippen LogP contribution in [0.3, 0.4) is 0 Å². The van der Waals surface area contributed by atoms with Crippen molar-refractivity contribution in [2.24, 2.45) is 0 Å². The molecule has 0 saturated carbocycles. The molecule has 1 aliphatic rings. The minimum Gasteiger partial charge on any atom is -0.350 e. The number of carbonyl (C=O) groups is 2. The summed E-state index contributed by atoms with van der Waals surface area (Å²) in [7, 11) is 0. The van der Waals surface area contributed by atoms with Gasteiger partial charge in [-0.05, 0) is 40.5 Å². The van der Waals surface area contributed by atoms with E-state index in [4.69, 9.17) is 0 Å². The number of carbonyl (C=O) groups excluding carboxylic acids is 2. The van der Waals surface area contributed by atoms with Gasteiger partial charge < -0.3 is 15.5 Å². The highest BCUT2D eigenvalue weighted by Crippen LogP contribution is 2.11. The number of rotatable bonds is 5. The molecular weight excluding hydrogens is 266 g/mol. The third-order valence-corrected chi connectivity index (χ3v) is 3.57. The molecule has 5 heteroatoms. The first-order valence-electron chi connectivity index (χ1n) is 8.10. The van der Waals surface area contributed by atoms with Gasteiger partial charge in [0, 0.05) is 31.1 Å². The molecule has 0 bridgehead atoms. The van der Waals surface area contributed by atoms with Crippen molar-refractivity contribution in [2.45, 2.75) is 71.4 Å². The van der Waals surface area contributed by atoms with Gasteiger partial charge in [-0.25, -0.2) is 0 Å². The highest BCUT2D eigenvalue weighted by atomic mass is 16.2. The van der Waals surface area contributed by atoms with Crippen molar-refractivity contribution in [3.8, 4) is 0 Å². The van der Waals surface area contributed by atoms with Crippen LogP contribution in [0.15, 0.2) is 0 Å². The van der Waals surface area contributed by atoms with Crippen LogP contribution in [0, 0.1) is 0 Å². The fourth-order valence-electron chi connectivity index (χ4n) is 2.51. The van der Waals surface area contributed by atoms with E-state index >= 15 is 0 Å². The van der Waals surface area contributed by atoms with Gasteiger partial charge in [-0.2, -0.15) is 0 Å². The van der Waals surface area contributed by atoms with Gasteiger partial charge >= 0.3 is 0 Å². The van der Waals surface area contributed by atoms with Crippen LogP contribution in [0.4, 0.5) is 0 Å². The Hall–Kier alpha value is -1.10. The van der Waals surface area contributed by atoms with E-state index in [1.54, 1.807) is 0 Å². The second-order valence-electron chi connectivity index (χ2n) is 7.08. The Bertz CT molecular complexity index is 342. The van der Waals surface area contributed by atoms with E-state index in [0.717, 1.165) is 25.9 Å². The molecule has 1 atom stereocenters. The zero-order valence-electron chi connectivity index (χ0n) is 14.0. The Morgan fingerprint density at radius 3 is 2.19 bits per heavy atom. The first-order chi connectivity index (χ1) is 9.78. The SMILES string of the molecule is CC(CC(=O)N1CCCCCC1)NCC(=O)NC(C)(C)C. The molecule has 0 spiro atoms. The highest BCUT2D eigenvalue weighted by molar-refractivity contribution is 5.79. The van der Waals surface area contributed by atoms with Crippen LogP contribution < -0.4 is 10.6 Å². The first-order valence-corrected chi connectivity index (χ1v) is 8.10. The van der Waals surface area contributed by atoms with Crippen molar-refractivity contribution in [3.05, 3.63) is 0 Å². The Labute approximate surface area is 128 Å². The lowest BCUT2D eigenvalue weighted by Gasteiger charge is -2.24. The molecule has 1 unspecified atom stereocenters. The number of likely N-dealkylation sites (tertiary alicyclic amines) is 1. The third kappa shape index (κ3) is 8.05. The molecule has 1 saturated heterocycles. The molecule has 0 aromatic heterocycles. The Balaban J connectivity index is 2.27. The zero-order chi connectivity index (χ0) is 15.9. The molecule has 2 N–H and O–H groups in total. The normalized spacial score (nSPS) is 18.0. The second kappa shape index (κ2) is 8.37. The van der Waals surface area contributed by atoms with Crippen molar-refractivity contribution < 1.29 is 9.59 Å². The summed E-state index contributed by atoms with van der Waals surface area (Å²) in [6.07, 6.45) is 5.14. The Morgan fingerprint density at radius 2 is 1.67 bits per heavy atom. The van der Waals surface area contributed by atoms with Crippen molar-refractivity contribution in [1.29, 1.82) is 0 Å². The number of nitrogens with zero attached hydrogens (tertiary/aromatic N) is 1. The largest absolute Gasteiger partial charge is 0.350 e. The minimum atomic E-state index is -0.218. The van der Waals surface area contributed by atoms with E-state index in [9.17, 15) is 9.59 Å². The van der Waals surface area contributed by atoms with E-state index in [1.165, 1.54) is 12.8 Å².